The lowest BCUT2D eigenvalue weighted by molar-refractivity contribution is 0.477. The highest BCUT2D eigenvalue weighted by molar-refractivity contribution is 5.83. The lowest BCUT2D eigenvalue weighted by Gasteiger charge is -2.20. The molecule has 3 heteroatoms. The first-order valence-electron chi connectivity index (χ1n) is 6.91. The van der Waals surface area contributed by atoms with Gasteiger partial charge in [-0.05, 0) is 43.7 Å². The maximum atomic E-state index is 9.65. The fourth-order valence-corrected chi connectivity index (χ4v) is 2.08. The van der Waals surface area contributed by atoms with E-state index in [0.717, 1.165) is 18.7 Å². The standard InChI is InChI=1S/C17H20N2O/c1-3-19(4-2)15-11-9-14(10-12-15)13-18-16-7-5-6-8-17(16)20/h5-13,20H,3-4H2,1-2H3. The molecule has 0 aromatic heterocycles. The zero-order valence-electron chi connectivity index (χ0n) is 12.0. The Balaban J connectivity index is 2.13. The molecule has 2 aromatic rings. The van der Waals surface area contributed by atoms with Gasteiger partial charge in [0.1, 0.15) is 11.4 Å². The predicted molar refractivity (Wildman–Crippen MR) is 85.4 cm³/mol. The first-order valence-corrected chi connectivity index (χ1v) is 6.91. The van der Waals surface area contributed by atoms with Crippen LogP contribution in [-0.2, 0) is 0 Å². The van der Waals surface area contributed by atoms with Gasteiger partial charge in [0.05, 0.1) is 0 Å². The number of hydrogen-bond donors (Lipinski definition) is 1. The van der Waals surface area contributed by atoms with Gasteiger partial charge in [-0.3, -0.25) is 4.99 Å². The van der Waals surface area contributed by atoms with Gasteiger partial charge in [0.25, 0.3) is 0 Å². The van der Waals surface area contributed by atoms with Gasteiger partial charge in [0, 0.05) is 25.0 Å². The molecule has 2 aromatic carbocycles. The number of rotatable bonds is 5. The maximum Gasteiger partial charge on any atom is 0.141 e. The highest BCUT2D eigenvalue weighted by Crippen LogP contribution is 2.24. The molecule has 0 saturated carbocycles. The zero-order chi connectivity index (χ0) is 14.4. The van der Waals surface area contributed by atoms with E-state index in [1.165, 1.54) is 5.69 Å². The second-order valence-electron chi connectivity index (χ2n) is 4.51. The molecule has 0 amide bonds. The van der Waals surface area contributed by atoms with Crippen LogP contribution in [0.15, 0.2) is 53.5 Å². The normalized spacial score (nSPS) is 10.9. The summed E-state index contributed by atoms with van der Waals surface area (Å²) in [5.41, 5.74) is 2.82. The molecule has 0 bridgehead atoms. The molecule has 0 fully saturated rings. The van der Waals surface area contributed by atoms with Crippen LogP contribution in [0.1, 0.15) is 19.4 Å². The number of anilines is 1. The molecule has 0 spiro atoms. The average Bonchev–Trinajstić information content (AvgIpc) is 2.49. The van der Waals surface area contributed by atoms with Gasteiger partial charge in [0.2, 0.25) is 0 Å². The molecule has 0 aliphatic rings. The highest BCUT2D eigenvalue weighted by Gasteiger charge is 2.00. The van der Waals surface area contributed by atoms with E-state index in [-0.39, 0.29) is 5.75 Å². The van der Waals surface area contributed by atoms with Gasteiger partial charge in [-0.1, -0.05) is 24.3 Å². The van der Waals surface area contributed by atoms with Crippen molar-refractivity contribution in [1.82, 2.24) is 0 Å². The van der Waals surface area contributed by atoms with Gasteiger partial charge in [-0.15, -0.1) is 0 Å². The molecule has 1 N–H and O–H groups in total. The predicted octanol–water partition coefficient (Wildman–Crippen LogP) is 3.99. The minimum absolute atomic E-state index is 0.198. The van der Waals surface area contributed by atoms with Crippen molar-refractivity contribution in [1.29, 1.82) is 0 Å². The number of phenols is 1. The molecule has 0 aliphatic heterocycles. The van der Waals surface area contributed by atoms with Crippen molar-refractivity contribution in [3.8, 4) is 5.75 Å². The number of para-hydroxylation sites is 2. The summed E-state index contributed by atoms with van der Waals surface area (Å²) in [5.74, 6) is 0.198. The van der Waals surface area contributed by atoms with Crippen LogP contribution in [0.4, 0.5) is 11.4 Å². The van der Waals surface area contributed by atoms with Crippen LogP contribution in [0.3, 0.4) is 0 Å². The number of aromatic hydroxyl groups is 1. The monoisotopic (exact) mass is 268 g/mol. The molecule has 0 heterocycles. The van der Waals surface area contributed by atoms with Crippen molar-refractivity contribution >= 4 is 17.6 Å². The van der Waals surface area contributed by atoms with Crippen molar-refractivity contribution < 1.29 is 5.11 Å². The van der Waals surface area contributed by atoms with Crippen molar-refractivity contribution in [2.75, 3.05) is 18.0 Å². The fraction of sp³-hybridized carbons (Fsp3) is 0.235. The summed E-state index contributed by atoms with van der Waals surface area (Å²) in [6, 6.07) is 15.3. The quantitative estimate of drug-likeness (QED) is 0.832. The van der Waals surface area contributed by atoms with Crippen LogP contribution in [0.2, 0.25) is 0 Å². The summed E-state index contributed by atoms with van der Waals surface area (Å²) in [6.45, 7) is 6.30. The molecule has 0 radical (unpaired) electrons. The van der Waals surface area contributed by atoms with E-state index in [2.05, 4.69) is 35.9 Å². The van der Waals surface area contributed by atoms with E-state index < -0.39 is 0 Å². The third-order valence-corrected chi connectivity index (χ3v) is 3.26. The molecule has 2 rings (SSSR count). The minimum Gasteiger partial charge on any atom is -0.506 e. The van der Waals surface area contributed by atoms with Crippen LogP contribution in [0.25, 0.3) is 0 Å². The van der Waals surface area contributed by atoms with E-state index in [1.54, 1.807) is 24.4 Å². The summed E-state index contributed by atoms with van der Waals surface area (Å²) in [6.07, 6.45) is 1.76. The lowest BCUT2D eigenvalue weighted by atomic mass is 10.2. The number of aliphatic imine (C=N–C) groups is 1. The van der Waals surface area contributed by atoms with E-state index in [0.29, 0.717) is 5.69 Å². The van der Waals surface area contributed by atoms with Gasteiger partial charge in [0.15, 0.2) is 0 Å². The highest BCUT2D eigenvalue weighted by atomic mass is 16.3. The molecule has 0 aliphatic carbocycles. The summed E-state index contributed by atoms with van der Waals surface area (Å²) >= 11 is 0. The number of phenolic OH excluding ortho intramolecular Hbond substituents is 1. The van der Waals surface area contributed by atoms with Crippen molar-refractivity contribution in [2.24, 2.45) is 4.99 Å². The van der Waals surface area contributed by atoms with Gasteiger partial charge in [-0.25, -0.2) is 0 Å². The summed E-state index contributed by atoms with van der Waals surface area (Å²) in [4.78, 5) is 6.60. The second kappa shape index (κ2) is 6.75. The molecule has 0 atom stereocenters. The SMILES string of the molecule is CCN(CC)c1ccc(C=Nc2ccccc2O)cc1. The number of hydrogen-bond acceptors (Lipinski definition) is 3. The molecule has 3 nitrogen and oxygen atoms in total. The second-order valence-corrected chi connectivity index (χ2v) is 4.51. The Hall–Kier alpha value is -2.29. The number of nitrogens with zero attached hydrogens (tertiary/aromatic N) is 2. The van der Waals surface area contributed by atoms with E-state index in [4.69, 9.17) is 0 Å². The van der Waals surface area contributed by atoms with E-state index in [9.17, 15) is 5.11 Å². The number of benzene rings is 2. The van der Waals surface area contributed by atoms with Crippen LogP contribution in [-0.4, -0.2) is 24.4 Å². The Kier molecular flexibility index (Phi) is 4.77. The Labute approximate surface area is 120 Å². The van der Waals surface area contributed by atoms with Gasteiger partial charge in [-0.2, -0.15) is 0 Å². The minimum atomic E-state index is 0.198. The maximum absolute atomic E-state index is 9.65. The van der Waals surface area contributed by atoms with Crippen LogP contribution in [0, 0.1) is 0 Å². The van der Waals surface area contributed by atoms with Crippen LogP contribution >= 0.6 is 0 Å². The third-order valence-electron chi connectivity index (χ3n) is 3.26. The van der Waals surface area contributed by atoms with E-state index >= 15 is 0 Å². The Morgan fingerprint density at radius 1 is 1.00 bits per heavy atom. The summed E-state index contributed by atoms with van der Waals surface area (Å²) in [7, 11) is 0. The van der Waals surface area contributed by atoms with Crippen LogP contribution < -0.4 is 4.90 Å². The fourth-order valence-electron chi connectivity index (χ4n) is 2.08. The van der Waals surface area contributed by atoms with Crippen molar-refractivity contribution in [3.05, 3.63) is 54.1 Å². The Bertz CT molecular complexity index is 572. The first-order chi connectivity index (χ1) is 9.74. The molecule has 20 heavy (non-hydrogen) atoms. The average molecular weight is 268 g/mol. The van der Waals surface area contributed by atoms with Crippen molar-refractivity contribution in [3.63, 3.8) is 0 Å². The molecule has 104 valence electrons. The topological polar surface area (TPSA) is 35.8 Å². The third kappa shape index (κ3) is 3.38. The van der Waals surface area contributed by atoms with Crippen LogP contribution in [0.5, 0.6) is 5.75 Å². The van der Waals surface area contributed by atoms with Gasteiger partial charge < -0.3 is 10.0 Å². The lowest BCUT2D eigenvalue weighted by Crippen LogP contribution is -2.21. The smallest absolute Gasteiger partial charge is 0.141 e. The van der Waals surface area contributed by atoms with E-state index in [1.807, 2.05) is 18.2 Å². The zero-order valence-corrected chi connectivity index (χ0v) is 12.0. The van der Waals surface area contributed by atoms with Crippen molar-refractivity contribution in [2.45, 2.75) is 13.8 Å². The molecule has 0 saturated heterocycles. The molecular formula is C17H20N2O. The summed E-state index contributed by atoms with van der Waals surface area (Å²) < 4.78 is 0. The largest absolute Gasteiger partial charge is 0.506 e. The first kappa shape index (κ1) is 14.1. The molecular weight excluding hydrogens is 248 g/mol. The molecule has 0 unspecified atom stereocenters. The Morgan fingerprint density at radius 2 is 1.65 bits per heavy atom. The Morgan fingerprint density at radius 3 is 2.25 bits per heavy atom. The van der Waals surface area contributed by atoms with Gasteiger partial charge >= 0.3 is 0 Å². The summed E-state index contributed by atoms with van der Waals surface area (Å²) in [5, 5.41) is 9.65.